The molecular weight excluding hydrogens is 368 g/mol. The summed E-state index contributed by atoms with van der Waals surface area (Å²) >= 11 is 0. The molecule has 0 bridgehead atoms. The number of ether oxygens (including phenoxy) is 2. The van der Waals surface area contributed by atoms with Gasteiger partial charge in [0.1, 0.15) is 6.04 Å². The average Bonchev–Trinajstić information content (AvgIpc) is 2.98. The Kier molecular flexibility index (Phi) is 6.99. The summed E-state index contributed by atoms with van der Waals surface area (Å²) in [5.41, 5.74) is 1.34. The second-order valence-electron chi connectivity index (χ2n) is 7.63. The molecule has 154 valence electrons. The van der Waals surface area contributed by atoms with Gasteiger partial charge in [0.15, 0.2) is 12.4 Å². The van der Waals surface area contributed by atoms with Gasteiger partial charge in [-0.3, -0.25) is 9.69 Å². The van der Waals surface area contributed by atoms with Crippen molar-refractivity contribution in [2.24, 2.45) is 0 Å². The molecule has 1 saturated carbocycles. The first-order chi connectivity index (χ1) is 13.5. The molecule has 1 amide bonds. The highest BCUT2D eigenvalue weighted by atomic mass is 19.3. The predicted molar refractivity (Wildman–Crippen MR) is 99.5 cm³/mol. The molecule has 0 spiro atoms. The number of hydrogen-bond donors (Lipinski definition) is 0. The third kappa shape index (κ3) is 5.07. The zero-order valence-electron chi connectivity index (χ0n) is 16.1. The van der Waals surface area contributed by atoms with Crippen LogP contribution in [0, 0.1) is 0 Å². The summed E-state index contributed by atoms with van der Waals surface area (Å²) in [4.78, 5) is 25.6. The number of carbonyl (C=O) groups is 2. The average molecular weight is 395 g/mol. The topological polar surface area (TPSA) is 55.8 Å². The summed E-state index contributed by atoms with van der Waals surface area (Å²) in [5, 5.41) is 0. The van der Waals surface area contributed by atoms with Gasteiger partial charge in [0.25, 0.3) is 6.43 Å². The zero-order valence-corrected chi connectivity index (χ0v) is 16.1. The van der Waals surface area contributed by atoms with Gasteiger partial charge in [-0.1, -0.05) is 30.3 Å². The van der Waals surface area contributed by atoms with E-state index in [0.29, 0.717) is 5.92 Å². The number of rotatable bonds is 6. The largest absolute Gasteiger partial charge is 0.443 e. The van der Waals surface area contributed by atoms with E-state index >= 15 is 0 Å². The van der Waals surface area contributed by atoms with Crippen LogP contribution in [0.3, 0.4) is 0 Å². The first-order valence-corrected chi connectivity index (χ1v) is 9.88. The van der Waals surface area contributed by atoms with Gasteiger partial charge in [0, 0.05) is 12.5 Å². The molecule has 1 aliphatic carbocycles. The molecule has 0 radical (unpaired) electrons. The fourth-order valence-electron chi connectivity index (χ4n) is 4.19. The lowest BCUT2D eigenvalue weighted by atomic mass is 9.83. The van der Waals surface area contributed by atoms with Crippen LogP contribution in [0.2, 0.25) is 0 Å². The molecule has 1 heterocycles. The van der Waals surface area contributed by atoms with Crippen LogP contribution in [0.4, 0.5) is 13.6 Å². The summed E-state index contributed by atoms with van der Waals surface area (Å²) in [5.74, 6) is 0.412. The van der Waals surface area contributed by atoms with Crippen LogP contribution in [0.5, 0.6) is 0 Å². The Morgan fingerprint density at radius 2 is 1.86 bits per heavy atom. The van der Waals surface area contributed by atoms with Crippen molar-refractivity contribution in [1.29, 1.82) is 0 Å². The van der Waals surface area contributed by atoms with E-state index in [4.69, 9.17) is 4.74 Å². The van der Waals surface area contributed by atoms with Gasteiger partial charge in [0.2, 0.25) is 0 Å². The Hall–Kier alpha value is -2.02. The number of carbonyl (C=O) groups excluding carboxylic acids is 2. The van der Waals surface area contributed by atoms with E-state index in [1.54, 1.807) is 6.92 Å². The molecule has 5 nitrogen and oxygen atoms in total. The molecule has 1 aliphatic heterocycles. The summed E-state index contributed by atoms with van der Waals surface area (Å²) in [7, 11) is 0. The smallest absolute Gasteiger partial charge is 0.410 e. The first-order valence-electron chi connectivity index (χ1n) is 9.88. The Labute approximate surface area is 164 Å². The number of hydrogen-bond acceptors (Lipinski definition) is 4. The van der Waals surface area contributed by atoms with Crippen molar-refractivity contribution in [3.05, 3.63) is 35.9 Å². The van der Waals surface area contributed by atoms with Crippen molar-refractivity contribution in [2.75, 3.05) is 13.2 Å². The van der Waals surface area contributed by atoms with Gasteiger partial charge in [0.05, 0.1) is 12.7 Å². The normalized spacial score (nSPS) is 28.0. The molecule has 1 saturated heterocycles. The van der Waals surface area contributed by atoms with E-state index in [-0.39, 0.29) is 31.0 Å². The number of amides is 1. The van der Waals surface area contributed by atoms with E-state index in [2.05, 4.69) is 16.9 Å². The van der Waals surface area contributed by atoms with Crippen molar-refractivity contribution in [3.63, 3.8) is 0 Å². The Morgan fingerprint density at radius 3 is 2.50 bits per heavy atom. The van der Waals surface area contributed by atoms with Gasteiger partial charge in [-0.15, -0.1) is 0 Å². The fourth-order valence-corrected chi connectivity index (χ4v) is 4.19. The Bertz CT molecular complexity index is 662. The van der Waals surface area contributed by atoms with Crippen LogP contribution in [0.1, 0.15) is 50.5 Å². The van der Waals surface area contributed by atoms with E-state index in [0.717, 1.165) is 25.7 Å². The Balaban J connectivity index is 1.50. The molecule has 1 aromatic carbocycles. The number of ketones is 1. The highest BCUT2D eigenvalue weighted by molar-refractivity contribution is 5.91. The molecule has 0 N–H and O–H groups in total. The van der Waals surface area contributed by atoms with Gasteiger partial charge < -0.3 is 9.47 Å². The molecule has 3 rings (SSSR count). The SMILES string of the molecule is C[C@@H]1CC(=O)[C@H](COC2CCC(c3ccccc3)CC2)N1C(=O)OCC(F)F. The lowest BCUT2D eigenvalue weighted by Gasteiger charge is -2.31. The van der Waals surface area contributed by atoms with Gasteiger partial charge in [-0.2, -0.15) is 0 Å². The van der Waals surface area contributed by atoms with Crippen LogP contribution >= 0.6 is 0 Å². The van der Waals surface area contributed by atoms with Gasteiger partial charge in [-0.25, -0.2) is 13.6 Å². The summed E-state index contributed by atoms with van der Waals surface area (Å²) in [6.45, 7) is 0.841. The van der Waals surface area contributed by atoms with Crippen LogP contribution in [0.25, 0.3) is 0 Å². The lowest BCUT2D eigenvalue weighted by molar-refractivity contribution is -0.122. The molecular formula is C21H27F2NO4. The van der Waals surface area contributed by atoms with Crippen LogP contribution in [-0.2, 0) is 14.3 Å². The van der Waals surface area contributed by atoms with Crippen molar-refractivity contribution in [2.45, 2.75) is 69.6 Å². The van der Waals surface area contributed by atoms with Gasteiger partial charge in [-0.05, 0) is 44.1 Å². The maximum absolute atomic E-state index is 12.3. The van der Waals surface area contributed by atoms with Crippen LogP contribution < -0.4 is 0 Å². The summed E-state index contributed by atoms with van der Waals surface area (Å²) < 4.78 is 35.2. The molecule has 2 aliphatic rings. The summed E-state index contributed by atoms with van der Waals surface area (Å²) in [6.07, 6.45) is 0.457. The molecule has 1 aromatic rings. The predicted octanol–water partition coefficient (Wildman–Crippen LogP) is 4.16. The molecule has 2 fully saturated rings. The zero-order chi connectivity index (χ0) is 20.1. The van der Waals surface area contributed by atoms with E-state index in [1.807, 2.05) is 18.2 Å². The minimum absolute atomic E-state index is 0.0441. The minimum Gasteiger partial charge on any atom is -0.443 e. The molecule has 0 aromatic heterocycles. The van der Waals surface area contributed by atoms with E-state index < -0.39 is 25.2 Å². The molecule has 7 heteroatoms. The molecule has 2 atom stereocenters. The Morgan fingerprint density at radius 1 is 1.18 bits per heavy atom. The maximum atomic E-state index is 12.3. The fraction of sp³-hybridized carbons (Fsp3) is 0.619. The third-order valence-corrected chi connectivity index (χ3v) is 5.66. The highest BCUT2D eigenvalue weighted by Gasteiger charge is 2.42. The molecule has 0 unspecified atom stereocenters. The maximum Gasteiger partial charge on any atom is 0.410 e. The number of benzene rings is 1. The minimum atomic E-state index is -2.73. The second kappa shape index (κ2) is 9.45. The van der Waals surface area contributed by atoms with Crippen molar-refractivity contribution in [3.8, 4) is 0 Å². The second-order valence-corrected chi connectivity index (χ2v) is 7.63. The van der Waals surface area contributed by atoms with E-state index in [1.165, 1.54) is 10.5 Å². The lowest BCUT2D eigenvalue weighted by Crippen LogP contribution is -2.45. The van der Waals surface area contributed by atoms with Crippen LogP contribution in [0.15, 0.2) is 30.3 Å². The van der Waals surface area contributed by atoms with Crippen molar-refractivity contribution in [1.82, 2.24) is 4.90 Å². The van der Waals surface area contributed by atoms with E-state index in [9.17, 15) is 18.4 Å². The number of halogens is 2. The van der Waals surface area contributed by atoms with Crippen LogP contribution in [-0.4, -0.2) is 54.6 Å². The highest BCUT2D eigenvalue weighted by Crippen LogP contribution is 2.34. The monoisotopic (exact) mass is 395 g/mol. The number of Topliss-reactive ketones (excluding diaryl/α,β-unsaturated/α-hetero) is 1. The number of nitrogens with zero attached hydrogens (tertiary/aromatic N) is 1. The van der Waals surface area contributed by atoms with Crippen molar-refractivity contribution < 1.29 is 27.8 Å². The summed E-state index contributed by atoms with van der Waals surface area (Å²) in [6, 6.07) is 9.27. The third-order valence-electron chi connectivity index (χ3n) is 5.66. The molecule has 28 heavy (non-hydrogen) atoms. The standard InChI is InChI=1S/C21H27F2NO4/c1-14-11-19(25)18(24(14)21(26)28-13-20(22)23)12-27-17-9-7-16(8-10-17)15-5-3-2-4-6-15/h2-6,14,16-18,20H,7-13H2,1H3/t14-,16?,17?,18+/m1/s1. The first kappa shape index (κ1) is 20.7. The van der Waals surface area contributed by atoms with Gasteiger partial charge >= 0.3 is 6.09 Å². The van der Waals surface area contributed by atoms with Crippen molar-refractivity contribution >= 4 is 11.9 Å². The quantitative estimate of drug-likeness (QED) is 0.726. The number of alkyl halides is 2. The number of likely N-dealkylation sites (tertiary alicyclic amines) is 1.